The second-order valence-corrected chi connectivity index (χ2v) is 5.20. The minimum absolute atomic E-state index is 0.0237. The van der Waals surface area contributed by atoms with Crippen LogP contribution in [0.2, 0.25) is 5.02 Å². The fourth-order valence-corrected chi connectivity index (χ4v) is 1.99. The molecule has 0 fully saturated rings. The van der Waals surface area contributed by atoms with E-state index in [-0.39, 0.29) is 17.0 Å². The summed E-state index contributed by atoms with van der Waals surface area (Å²) >= 11 is 5.69. The summed E-state index contributed by atoms with van der Waals surface area (Å²) in [6.45, 7) is 2.30. The Kier molecular flexibility index (Phi) is 4.98. The molecule has 1 amide bonds. The van der Waals surface area contributed by atoms with E-state index in [1.807, 2.05) is 18.0 Å². The van der Waals surface area contributed by atoms with Crippen LogP contribution in [0.25, 0.3) is 0 Å². The number of nitrogens with zero attached hydrogens (tertiary/aromatic N) is 1. The molecule has 1 N–H and O–H groups in total. The highest BCUT2D eigenvalue weighted by molar-refractivity contribution is 6.31. The van der Waals surface area contributed by atoms with Crippen molar-refractivity contribution in [2.24, 2.45) is 0 Å². The molecule has 21 heavy (non-hydrogen) atoms. The van der Waals surface area contributed by atoms with E-state index in [9.17, 15) is 9.18 Å². The summed E-state index contributed by atoms with van der Waals surface area (Å²) in [4.78, 5) is 14.0. The van der Waals surface area contributed by atoms with E-state index in [4.69, 9.17) is 16.0 Å². The van der Waals surface area contributed by atoms with Crippen molar-refractivity contribution in [3.8, 4) is 0 Å². The molecule has 1 aromatic heterocycles. The van der Waals surface area contributed by atoms with Gasteiger partial charge in [-0.15, -0.1) is 0 Å². The summed E-state index contributed by atoms with van der Waals surface area (Å²) in [5.74, 6) is 0.0614. The summed E-state index contributed by atoms with van der Waals surface area (Å²) in [5.41, 5.74) is 0.463. The Morgan fingerprint density at radius 3 is 2.86 bits per heavy atom. The van der Waals surface area contributed by atoms with Crippen LogP contribution in [-0.4, -0.2) is 23.9 Å². The Labute approximate surface area is 127 Å². The molecule has 2 rings (SSSR count). The molecule has 0 bridgehead atoms. The molecule has 2 aromatic rings. The molecule has 0 spiro atoms. The van der Waals surface area contributed by atoms with Gasteiger partial charge >= 0.3 is 0 Å². The Bertz CT molecular complexity index is 616. The Morgan fingerprint density at radius 1 is 1.48 bits per heavy atom. The molecular formula is C15H16ClFN2O2. The Balaban J connectivity index is 1.96. The molecule has 0 aliphatic heterocycles. The molecule has 1 atom stereocenters. The Hall–Kier alpha value is -1.85. The molecule has 0 aliphatic carbocycles. The van der Waals surface area contributed by atoms with Crippen LogP contribution in [0.15, 0.2) is 41.0 Å². The first-order chi connectivity index (χ1) is 9.97. The molecule has 6 heteroatoms. The van der Waals surface area contributed by atoms with Gasteiger partial charge in [-0.1, -0.05) is 11.6 Å². The summed E-state index contributed by atoms with van der Waals surface area (Å²) in [6, 6.07) is 7.34. The number of nitrogens with one attached hydrogen (secondary N) is 1. The third-order valence-electron chi connectivity index (χ3n) is 3.21. The van der Waals surface area contributed by atoms with Gasteiger partial charge in [-0.25, -0.2) is 4.39 Å². The average Bonchev–Trinajstić information content (AvgIpc) is 2.94. The molecule has 0 saturated carbocycles. The van der Waals surface area contributed by atoms with Crippen LogP contribution in [0.5, 0.6) is 0 Å². The number of carbonyl (C=O) groups excluding carboxylic acids is 1. The van der Waals surface area contributed by atoms with Crippen molar-refractivity contribution < 1.29 is 13.6 Å². The average molecular weight is 311 g/mol. The van der Waals surface area contributed by atoms with Crippen LogP contribution in [-0.2, 0) is 11.3 Å². The van der Waals surface area contributed by atoms with E-state index in [1.54, 1.807) is 19.3 Å². The summed E-state index contributed by atoms with van der Waals surface area (Å²) in [7, 11) is 1.82. The standard InChI is InChI=1S/C15H16ClFN2O2/c1-10(19(2)9-12-4-3-7-21-12)15(20)18-11-5-6-14(17)13(16)8-11/h3-8,10H,9H2,1-2H3,(H,18,20). The predicted molar refractivity (Wildman–Crippen MR) is 79.7 cm³/mol. The number of benzene rings is 1. The number of carbonyl (C=O) groups is 1. The normalized spacial score (nSPS) is 12.4. The number of likely N-dealkylation sites (N-methyl/N-ethyl adjacent to an activating group) is 1. The van der Waals surface area contributed by atoms with Crippen molar-refractivity contribution in [2.45, 2.75) is 19.5 Å². The monoisotopic (exact) mass is 310 g/mol. The van der Waals surface area contributed by atoms with E-state index < -0.39 is 5.82 Å². The first kappa shape index (κ1) is 15.5. The first-order valence-electron chi connectivity index (χ1n) is 6.46. The van der Waals surface area contributed by atoms with Gasteiger partial charge in [0.2, 0.25) is 5.91 Å². The van der Waals surface area contributed by atoms with Gasteiger partial charge in [0, 0.05) is 5.69 Å². The van der Waals surface area contributed by atoms with Crippen molar-refractivity contribution in [1.82, 2.24) is 4.90 Å². The van der Waals surface area contributed by atoms with Gasteiger partial charge < -0.3 is 9.73 Å². The zero-order chi connectivity index (χ0) is 15.4. The van der Waals surface area contributed by atoms with Gasteiger partial charge in [0.15, 0.2) is 0 Å². The van der Waals surface area contributed by atoms with Crippen LogP contribution in [0.4, 0.5) is 10.1 Å². The number of amides is 1. The van der Waals surface area contributed by atoms with Crippen LogP contribution in [0, 0.1) is 5.82 Å². The summed E-state index contributed by atoms with van der Waals surface area (Å²) < 4.78 is 18.3. The largest absolute Gasteiger partial charge is 0.468 e. The molecule has 112 valence electrons. The van der Waals surface area contributed by atoms with Crippen molar-refractivity contribution in [3.05, 3.63) is 53.2 Å². The lowest BCUT2D eigenvalue weighted by molar-refractivity contribution is -0.120. The van der Waals surface area contributed by atoms with Crippen molar-refractivity contribution in [1.29, 1.82) is 0 Å². The molecule has 1 heterocycles. The number of furan rings is 1. The lowest BCUT2D eigenvalue weighted by atomic mass is 10.2. The molecule has 0 radical (unpaired) electrons. The highest BCUT2D eigenvalue weighted by Gasteiger charge is 2.19. The topological polar surface area (TPSA) is 45.5 Å². The summed E-state index contributed by atoms with van der Waals surface area (Å²) in [5, 5.41) is 2.68. The Morgan fingerprint density at radius 2 is 2.24 bits per heavy atom. The second-order valence-electron chi connectivity index (χ2n) is 4.79. The highest BCUT2D eigenvalue weighted by Crippen LogP contribution is 2.19. The van der Waals surface area contributed by atoms with E-state index >= 15 is 0 Å². The smallest absolute Gasteiger partial charge is 0.241 e. The van der Waals surface area contributed by atoms with Gasteiger partial charge in [0.05, 0.1) is 23.9 Å². The predicted octanol–water partition coefficient (Wildman–Crippen LogP) is 3.53. The minimum Gasteiger partial charge on any atom is -0.468 e. The molecule has 1 unspecified atom stereocenters. The zero-order valence-electron chi connectivity index (χ0n) is 11.8. The second kappa shape index (κ2) is 6.74. The fourth-order valence-electron chi connectivity index (χ4n) is 1.81. The van der Waals surface area contributed by atoms with E-state index in [1.165, 1.54) is 18.2 Å². The van der Waals surface area contributed by atoms with Crippen LogP contribution < -0.4 is 5.32 Å². The number of hydrogen-bond acceptors (Lipinski definition) is 3. The summed E-state index contributed by atoms with van der Waals surface area (Å²) in [6.07, 6.45) is 1.59. The first-order valence-corrected chi connectivity index (χ1v) is 6.83. The molecule has 1 aromatic carbocycles. The zero-order valence-corrected chi connectivity index (χ0v) is 12.5. The molecule has 0 saturated heterocycles. The maximum Gasteiger partial charge on any atom is 0.241 e. The van der Waals surface area contributed by atoms with E-state index in [2.05, 4.69) is 5.32 Å². The maximum absolute atomic E-state index is 13.1. The van der Waals surface area contributed by atoms with Crippen LogP contribution >= 0.6 is 11.6 Å². The lowest BCUT2D eigenvalue weighted by Crippen LogP contribution is -2.39. The third kappa shape index (κ3) is 4.06. The third-order valence-corrected chi connectivity index (χ3v) is 3.50. The van der Waals surface area contributed by atoms with Crippen molar-refractivity contribution in [2.75, 3.05) is 12.4 Å². The number of halogens is 2. The fraction of sp³-hybridized carbons (Fsp3) is 0.267. The molecular weight excluding hydrogens is 295 g/mol. The van der Waals surface area contributed by atoms with Crippen molar-refractivity contribution in [3.63, 3.8) is 0 Å². The van der Waals surface area contributed by atoms with Gasteiger partial charge in [-0.2, -0.15) is 0 Å². The van der Waals surface area contributed by atoms with Crippen LogP contribution in [0.1, 0.15) is 12.7 Å². The van der Waals surface area contributed by atoms with Gasteiger partial charge in [-0.05, 0) is 44.3 Å². The number of anilines is 1. The van der Waals surface area contributed by atoms with Gasteiger partial charge in [0.1, 0.15) is 11.6 Å². The number of hydrogen-bond donors (Lipinski definition) is 1. The van der Waals surface area contributed by atoms with Gasteiger partial charge in [-0.3, -0.25) is 9.69 Å². The SMILES string of the molecule is CC(C(=O)Nc1ccc(F)c(Cl)c1)N(C)Cc1ccco1. The van der Waals surface area contributed by atoms with Gasteiger partial charge in [0.25, 0.3) is 0 Å². The van der Waals surface area contributed by atoms with Crippen molar-refractivity contribution >= 4 is 23.2 Å². The minimum atomic E-state index is -0.516. The number of rotatable bonds is 5. The molecule has 4 nitrogen and oxygen atoms in total. The van der Waals surface area contributed by atoms with E-state index in [0.717, 1.165) is 5.76 Å². The highest BCUT2D eigenvalue weighted by atomic mass is 35.5. The quantitative estimate of drug-likeness (QED) is 0.919. The van der Waals surface area contributed by atoms with Crippen LogP contribution in [0.3, 0.4) is 0 Å². The van der Waals surface area contributed by atoms with E-state index in [0.29, 0.717) is 12.2 Å². The lowest BCUT2D eigenvalue weighted by Gasteiger charge is -2.22. The maximum atomic E-state index is 13.1. The molecule has 0 aliphatic rings.